The van der Waals surface area contributed by atoms with Crippen molar-refractivity contribution in [1.82, 2.24) is 34.8 Å². The maximum Gasteiger partial charge on any atom is 0.170 e. The SMILES string of the molecule is CNCc1cc(Sc2cccc(C)n2)n(-c2ccccc2Cl)n1.Cc1cccc(Sc2cc(C=O)nn2-c2ccccc2Cl)n1. The quantitative estimate of drug-likeness (QED) is 0.153. The van der Waals surface area contributed by atoms with Gasteiger partial charge in [-0.25, -0.2) is 19.3 Å². The summed E-state index contributed by atoms with van der Waals surface area (Å²) in [5.41, 5.74) is 4.84. The van der Waals surface area contributed by atoms with E-state index in [2.05, 4.69) is 31.5 Å². The lowest BCUT2D eigenvalue weighted by Gasteiger charge is -2.08. The summed E-state index contributed by atoms with van der Waals surface area (Å²) in [6.07, 6.45) is 0.723. The Labute approximate surface area is 280 Å². The summed E-state index contributed by atoms with van der Waals surface area (Å²) >= 11 is 15.6. The molecule has 8 nitrogen and oxygen atoms in total. The first-order valence-electron chi connectivity index (χ1n) is 13.9. The van der Waals surface area contributed by atoms with E-state index in [9.17, 15) is 4.79 Å². The lowest BCUT2D eigenvalue weighted by Crippen LogP contribution is -2.06. The van der Waals surface area contributed by atoms with E-state index in [0.717, 1.165) is 54.8 Å². The lowest BCUT2D eigenvalue weighted by molar-refractivity contribution is 0.111. The largest absolute Gasteiger partial charge is 0.314 e. The van der Waals surface area contributed by atoms with Crippen molar-refractivity contribution in [3.63, 3.8) is 0 Å². The van der Waals surface area contributed by atoms with E-state index in [0.29, 0.717) is 22.3 Å². The van der Waals surface area contributed by atoms with Crippen LogP contribution in [0.4, 0.5) is 0 Å². The predicted octanol–water partition coefficient (Wildman–Crippen LogP) is 8.29. The Hall–Kier alpha value is -3.93. The van der Waals surface area contributed by atoms with Crippen molar-refractivity contribution in [3.05, 3.63) is 130 Å². The number of nitrogens with zero attached hydrogens (tertiary/aromatic N) is 6. The van der Waals surface area contributed by atoms with Crippen LogP contribution in [0.25, 0.3) is 11.4 Å². The number of aldehydes is 1. The third-order valence-electron chi connectivity index (χ3n) is 6.21. The standard InChI is InChI=1S/C17H17ClN4S.C16H12ClN3OS/c1-12-6-5-9-16(20-12)23-17-10-13(11-19-2)21-22(17)15-8-4-3-7-14(15)18;1-11-5-4-8-15(18-11)22-16-9-12(10-21)19-20(16)14-7-3-2-6-13(14)17/h3-10,19H,11H2,1-2H3;2-10H,1H3. The summed E-state index contributed by atoms with van der Waals surface area (Å²) in [5, 5.41) is 16.9. The molecule has 0 spiro atoms. The number of pyridine rings is 2. The molecule has 0 amide bonds. The van der Waals surface area contributed by atoms with E-state index in [1.54, 1.807) is 28.6 Å². The van der Waals surface area contributed by atoms with Gasteiger partial charge in [0.15, 0.2) is 6.29 Å². The summed E-state index contributed by atoms with van der Waals surface area (Å²) in [6.45, 7) is 4.63. The van der Waals surface area contributed by atoms with Crippen LogP contribution in [0.15, 0.2) is 117 Å². The molecule has 0 saturated carbocycles. The fourth-order valence-corrected chi connectivity index (χ4v) is 6.58. The molecular weight excluding hydrogens is 645 g/mol. The maximum absolute atomic E-state index is 11.1. The van der Waals surface area contributed by atoms with Crippen molar-refractivity contribution in [2.75, 3.05) is 7.05 Å². The van der Waals surface area contributed by atoms with E-state index in [1.165, 1.54) is 11.8 Å². The highest BCUT2D eigenvalue weighted by atomic mass is 35.5. The van der Waals surface area contributed by atoms with E-state index in [4.69, 9.17) is 23.2 Å². The number of halogens is 2. The minimum Gasteiger partial charge on any atom is -0.314 e. The molecule has 0 atom stereocenters. The van der Waals surface area contributed by atoms with Crippen molar-refractivity contribution in [2.45, 2.75) is 40.5 Å². The smallest absolute Gasteiger partial charge is 0.170 e. The Balaban J connectivity index is 0.000000178. The normalized spacial score (nSPS) is 10.8. The molecule has 1 N–H and O–H groups in total. The summed E-state index contributed by atoms with van der Waals surface area (Å²) in [5.74, 6) is 0. The van der Waals surface area contributed by atoms with Gasteiger partial charge in [-0.05, 0) is 99.0 Å². The van der Waals surface area contributed by atoms with E-state index in [1.807, 2.05) is 104 Å². The third kappa shape index (κ3) is 8.42. The number of hydrogen-bond acceptors (Lipinski definition) is 8. The molecule has 0 aliphatic heterocycles. The van der Waals surface area contributed by atoms with Gasteiger partial charge in [0.2, 0.25) is 0 Å². The van der Waals surface area contributed by atoms with E-state index < -0.39 is 0 Å². The number of para-hydroxylation sites is 2. The van der Waals surface area contributed by atoms with Gasteiger partial charge in [-0.3, -0.25) is 4.79 Å². The minimum atomic E-state index is 0.357. The van der Waals surface area contributed by atoms with Crippen LogP contribution in [0.2, 0.25) is 10.0 Å². The fourth-order valence-electron chi connectivity index (χ4n) is 4.22. The molecule has 2 aromatic carbocycles. The van der Waals surface area contributed by atoms with Gasteiger partial charge in [-0.2, -0.15) is 10.2 Å². The summed E-state index contributed by atoms with van der Waals surface area (Å²) in [4.78, 5) is 20.1. The van der Waals surface area contributed by atoms with Gasteiger partial charge in [0.05, 0.1) is 27.1 Å². The number of benzene rings is 2. The molecule has 4 heterocycles. The molecule has 0 saturated heterocycles. The second-order valence-corrected chi connectivity index (χ2v) is 12.6. The fraction of sp³-hybridized carbons (Fsp3) is 0.121. The van der Waals surface area contributed by atoms with Crippen LogP contribution < -0.4 is 5.32 Å². The second-order valence-electron chi connectivity index (χ2n) is 9.69. The predicted molar refractivity (Wildman–Crippen MR) is 181 cm³/mol. The van der Waals surface area contributed by atoms with Crippen LogP contribution >= 0.6 is 46.7 Å². The first-order valence-corrected chi connectivity index (χ1v) is 16.2. The van der Waals surface area contributed by atoms with Crippen molar-refractivity contribution < 1.29 is 4.79 Å². The Kier molecular flexibility index (Phi) is 11.1. The van der Waals surface area contributed by atoms with E-state index >= 15 is 0 Å². The molecule has 12 heteroatoms. The van der Waals surface area contributed by atoms with Gasteiger partial charge in [0.1, 0.15) is 25.8 Å². The topological polar surface area (TPSA) is 90.5 Å². The molecule has 0 unspecified atom stereocenters. The molecule has 6 aromatic rings. The molecule has 0 fully saturated rings. The number of nitrogens with one attached hydrogen (secondary N) is 1. The average molecular weight is 675 g/mol. The highest BCUT2D eigenvalue weighted by Crippen LogP contribution is 2.32. The molecule has 0 aliphatic carbocycles. The minimum absolute atomic E-state index is 0.357. The Morgan fingerprint density at radius 2 is 1.22 bits per heavy atom. The number of carbonyl (C=O) groups excluding carboxylic acids is 1. The van der Waals surface area contributed by atoms with Crippen molar-refractivity contribution in [3.8, 4) is 11.4 Å². The number of rotatable bonds is 9. The molecule has 6 rings (SSSR count). The number of aryl methyl sites for hydroxylation is 2. The van der Waals surface area contributed by atoms with Crippen molar-refractivity contribution >= 4 is 53.0 Å². The highest BCUT2D eigenvalue weighted by molar-refractivity contribution is 7.99. The van der Waals surface area contributed by atoms with Gasteiger partial charge < -0.3 is 5.32 Å². The lowest BCUT2D eigenvalue weighted by atomic mass is 10.3. The Bertz CT molecular complexity index is 1930. The molecule has 0 aliphatic rings. The summed E-state index contributed by atoms with van der Waals surface area (Å²) < 4.78 is 3.55. The summed E-state index contributed by atoms with van der Waals surface area (Å²) in [6, 6.07) is 30.7. The van der Waals surface area contributed by atoms with E-state index in [-0.39, 0.29) is 0 Å². The molecule has 4 aromatic heterocycles. The second kappa shape index (κ2) is 15.4. The number of hydrogen-bond donors (Lipinski definition) is 1. The first kappa shape index (κ1) is 32.5. The zero-order valence-corrected chi connectivity index (χ0v) is 27.8. The molecule has 0 radical (unpaired) electrons. The zero-order chi connectivity index (χ0) is 31.8. The van der Waals surface area contributed by atoms with Crippen LogP contribution in [-0.4, -0.2) is 42.9 Å². The Morgan fingerprint density at radius 1 is 0.711 bits per heavy atom. The molecular formula is C33H29Cl2N7OS2. The Morgan fingerprint density at radius 3 is 1.71 bits per heavy atom. The molecule has 45 heavy (non-hydrogen) atoms. The summed E-state index contributed by atoms with van der Waals surface area (Å²) in [7, 11) is 1.91. The number of aromatic nitrogens is 6. The van der Waals surface area contributed by atoms with Gasteiger partial charge >= 0.3 is 0 Å². The van der Waals surface area contributed by atoms with Crippen LogP contribution in [-0.2, 0) is 6.54 Å². The maximum atomic E-state index is 11.1. The van der Waals surface area contributed by atoms with Gasteiger partial charge in [-0.15, -0.1) is 0 Å². The zero-order valence-electron chi connectivity index (χ0n) is 24.7. The van der Waals surface area contributed by atoms with Gasteiger partial charge in [-0.1, -0.05) is 59.6 Å². The van der Waals surface area contributed by atoms with Crippen molar-refractivity contribution in [1.29, 1.82) is 0 Å². The van der Waals surface area contributed by atoms with Crippen LogP contribution in [0.3, 0.4) is 0 Å². The van der Waals surface area contributed by atoms with Crippen LogP contribution in [0, 0.1) is 13.8 Å². The van der Waals surface area contributed by atoms with Crippen LogP contribution in [0.1, 0.15) is 27.6 Å². The van der Waals surface area contributed by atoms with Gasteiger partial charge in [0.25, 0.3) is 0 Å². The molecule has 0 bridgehead atoms. The van der Waals surface area contributed by atoms with Gasteiger partial charge in [0, 0.05) is 24.0 Å². The third-order valence-corrected chi connectivity index (χ3v) is 8.72. The average Bonchev–Trinajstić information content (AvgIpc) is 3.61. The number of carbonyl (C=O) groups is 1. The monoisotopic (exact) mass is 673 g/mol. The molecule has 228 valence electrons. The van der Waals surface area contributed by atoms with Crippen molar-refractivity contribution in [2.24, 2.45) is 0 Å². The van der Waals surface area contributed by atoms with Crippen LogP contribution in [0.5, 0.6) is 0 Å². The first-order chi connectivity index (χ1) is 21.8. The highest BCUT2D eigenvalue weighted by Gasteiger charge is 2.15.